The molecular weight excluding hydrogens is 136 g/mol. The molecule has 2 nitrogen and oxygen atoms in total. The molecule has 0 aromatic carbocycles. The Hall–Kier alpha value is -0.180. The zero-order chi connectivity index (χ0) is 6.85. The molecule has 1 rings (SSSR count). The van der Waals surface area contributed by atoms with Gasteiger partial charge in [0, 0.05) is 5.25 Å². The number of carboxylic acid groups (broad SMARTS) is 1. The minimum Gasteiger partial charge on any atom is -0.481 e. The molecule has 0 heterocycles. The van der Waals surface area contributed by atoms with Crippen molar-refractivity contribution < 1.29 is 9.90 Å². The van der Waals surface area contributed by atoms with Gasteiger partial charge in [-0.25, -0.2) is 0 Å². The average Bonchev–Trinajstić information content (AvgIpc) is 1.61. The van der Waals surface area contributed by atoms with Crippen LogP contribution in [0.1, 0.15) is 12.8 Å². The van der Waals surface area contributed by atoms with Gasteiger partial charge in [0.1, 0.15) is 0 Å². The molecule has 52 valence electrons. The molecule has 9 heavy (non-hydrogen) atoms. The van der Waals surface area contributed by atoms with Crippen LogP contribution in [0.5, 0.6) is 0 Å². The normalized spacial score (nSPS) is 33.4. The smallest absolute Gasteiger partial charge is 0.306 e. The van der Waals surface area contributed by atoms with Crippen LogP contribution < -0.4 is 0 Å². The fourth-order valence-corrected chi connectivity index (χ4v) is 1.81. The van der Waals surface area contributed by atoms with Crippen LogP contribution in [0.3, 0.4) is 0 Å². The second-order valence-corrected chi connectivity index (χ2v) is 3.50. The third-order valence-electron chi connectivity index (χ3n) is 1.78. The van der Waals surface area contributed by atoms with Crippen molar-refractivity contribution in [2.45, 2.75) is 18.1 Å². The molecule has 3 heteroatoms. The number of rotatable bonds is 2. The van der Waals surface area contributed by atoms with Crippen molar-refractivity contribution in [2.75, 3.05) is 6.26 Å². The predicted molar refractivity (Wildman–Crippen MR) is 37.7 cm³/mol. The maximum absolute atomic E-state index is 10.2. The second kappa shape index (κ2) is 2.60. The first kappa shape index (κ1) is 6.93. The van der Waals surface area contributed by atoms with E-state index in [-0.39, 0.29) is 5.92 Å². The Morgan fingerprint density at radius 1 is 1.67 bits per heavy atom. The van der Waals surface area contributed by atoms with Gasteiger partial charge in [0.25, 0.3) is 0 Å². The number of carbonyl (C=O) groups is 1. The summed E-state index contributed by atoms with van der Waals surface area (Å²) in [6.07, 6.45) is 3.77. The number of hydrogen-bond donors (Lipinski definition) is 1. The zero-order valence-electron chi connectivity index (χ0n) is 5.33. The first-order valence-electron chi connectivity index (χ1n) is 2.99. The van der Waals surface area contributed by atoms with Gasteiger partial charge in [-0.05, 0) is 19.1 Å². The first-order valence-corrected chi connectivity index (χ1v) is 4.28. The summed E-state index contributed by atoms with van der Waals surface area (Å²) >= 11 is 1.77. The van der Waals surface area contributed by atoms with Crippen molar-refractivity contribution in [3.05, 3.63) is 0 Å². The van der Waals surface area contributed by atoms with Crippen LogP contribution in [-0.4, -0.2) is 22.6 Å². The van der Waals surface area contributed by atoms with Crippen LogP contribution >= 0.6 is 11.8 Å². The van der Waals surface area contributed by atoms with E-state index >= 15 is 0 Å². The van der Waals surface area contributed by atoms with Gasteiger partial charge in [0.05, 0.1) is 5.92 Å². The molecule has 1 aliphatic carbocycles. The Labute approximate surface area is 58.6 Å². The molecule has 0 spiro atoms. The Bertz CT molecular complexity index is 118. The largest absolute Gasteiger partial charge is 0.481 e. The highest BCUT2D eigenvalue weighted by Gasteiger charge is 2.33. The van der Waals surface area contributed by atoms with Gasteiger partial charge in [-0.1, -0.05) is 0 Å². The molecule has 0 radical (unpaired) electrons. The summed E-state index contributed by atoms with van der Waals surface area (Å²) in [6.45, 7) is 0. The summed E-state index contributed by atoms with van der Waals surface area (Å²) in [4.78, 5) is 10.2. The van der Waals surface area contributed by atoms with E-state index in [4.69, 9.17) is 5.11 Å². The molecule has 0 aromatic rings. The third kappa shape index (κ3) is 1.39. The van der Waals surface area contributed by atoms with Crippen molar-refractivity contribution in [1.29, 1.82) is 0 Å². The maximum atomic E-state index is 10.2. The highest BCUT2D eigenvalue weighted by Crippen LogP contribution is 2.35. The number of thioether (sulfide) groups is 1. The Kier molecular flexibility index (Phi) is 2.01. The van der Waals surface area contributed by atoms with E-state index < -0.39 is 5.97 Å². The molecule has 0 amide bonds. The first-order chi connectivity index (χ1) is 4.24. The van der Waals surface area contributed by atoms with Crippen LogP contribution in [0.25, 0.3) is 0 Å². The summed E-state index contributed by atoms with van der Waals surface area (Å²) in [5.74, 6) is -0.664. The summed E-state index contributed by atoms with van der Waals surface area (Å²) in [5, 5.41) is 9.05. The Balaban J connectivity index is 2.19. The zero-order valence-corrected chi connectivity index (χ0v) is 6.15. The van der Waals surface area contributed by atoms with E-state index in [1.165, 1.54) is 0 Å². The molecule has 0 atom stereocenters. The highest BCUT2D eigenvalue weighted by atomic mass is 32.2. The van der Waals surface area contributed by atoms with Gasteiger partial charge >= 0.3 is 5.97 Å². The van der Waals surface area contributed by atoms with Gasteiger partial charge in [-0.2, -0.15) is 11.8 Å². The molecule has 0 unspecified atom stereocenters. The molecule has 0 saturated heterocycles. The lowest BCUT2D eigenvalue weighted by Crippen LogP contribution is -2.31. The van der Waals surface area contributed by atoms with Crippen LogP contribution in [-0.2, 0) is 4.79 Å². The van der Waals surface area contributed by atoms with Gasteiger partial charge in [0.15, 0.2) is 0 Å². The minimum absolute atomic E-state index is 0.0394. The lowest BCUT2D eigenvalue weighted by Gasteiger charge is -2.30. The van der Waals surface area contributed by atoms with Gasteiger partial charge < -0.3 is 5.11 Å². The molecule has 0 aliphatic heterocycles. The number of aliphatic carboxylic acids is 1. The van der Waals surface area contributed by atoms with E-state index in [9.17, 15) is 4.79 Å². The highest BCUT2D eigenvalue weighted by molar-refractivity contribution is 7.99. The van der Waals surface area contributed by atoms with Crippen molar-refractivity contribution in [3.63, 3.8) is 0 Å². The SMILES string of the molecule is CSC1CC(C(=O)O)C1. The van der Waals surface area contributed by atoms with Crippen LogP contribution in [0.15, 0.2) is 0 Å². The maximum Gasteiger partial charge on any atom is 0.306 e. The Morgan fingerprint density at radius 3 is 2.56 bits per heavy atom. The van der Waals surface area contributed by atoms with E-state index in [0.29, 0.717) is 5.25 Å². The summed E-state index contributed by atoms with van der Waals surface area (Å²) in [5.41, 5.74) is 0. The fourth-order valence-electron chi connectivity index (χ4n) is 0.960. The second-order valence-electron chi connectivity index (χ2n) is 2.36. The number of carboxylic acids is 1. The van der Waals surface area contributed by atoms with Crippen molar-refractivity contribution >= 4 is 17.7 Å². The molecule has 1 fully saturated rings. The summed E-state index contributed by atoms with van der Waals surface area (Å²) in [6, 6.07) is 0. The minimum atomic E-state index is -0.625. The molecule has 1 N–H and O–H groups in total. The topological polar surface area (TPSA) is 37.3 Å². The van der Waals surface area contributed by atoms with Gasteiger partial charge in [0.2, 0.25) is 0 Å². The van der Waals surface area contributed by atoms with Crippen molar-refractivity contribution in [2.24, 2.45) is 5.92 Å². The lowest BCUT2D eigenvalue weighted by molar-refractivity contribution is -0.144. The standard InChI is InChI=1S/C6H10O2S/c1-9-5-2-4(3-5)6(7)8/h4-5H,2-3H2,1H3,(H,7,8). The number of hydrogen-bond acceptors (Lipinski definition) is 2. The van der Waals surface area contributed by atoms with E-state index in [0.717, 1.165) is 12.8 Å². The molecule has 0 bridgehead atoms. The summed E-state index contributed by atoms with van der Waals surface area (Å²) < 4.78 is 0. The van der Waals surface area contributed by atoms with E-state index in [1.54, 1.807) is 11.8 Å². The van der Waals surface area contributed by atoms with Crippen molar-refractivity contribution in [3.8, 4) is 0 Å². The monoisotopic (exact) mass is 146 g/mol. The van der Waals surface area contributed by atoms with Crippen molar-refractivity contribution in [1.82, 2.24) is 0 Å². The van der Waals surface area contributed by atoms with E-state index in [2.05, 4.69) is 0 Å². The van der Waals surface area contributed by atoms with Gasteiger partial charge in [-0.3, -0.25) is 4.79 Å². The molecular formula is C6H10O2S. The Morgan fingerprint density at radius 2 is 2.22 bits per heavy atom. The molecule has 1 saturated carbocycles. The van der Waals surface area contributed by atoms with E-state index in [1.807, 2.05) is 6.26 Å². The predicted octanol–water partition coefficient (Wildman–Crippen LogP) is 1.21. The van der Waals surface area contributed by atoms with Crippen LogP contribution in [0.2, 0.25) is 0 Å². The quantitative estimate of drug-likeness (QED) is 0.636. The fraction of sp³-hybridized carbons (Fsp3) is 0.833. The molecule has 0 aromatic heterocycles. The van der Waals surface area contributed by atoms with Crippen LogP contribution in [0, 0.1) is 5.92 Å². The third-order valence-corrected chi connectivity index (χ3v) is 2.83. The summed E-state index contributed by atoms with van der Waals surface area (Å²) in [7, 11) is 0. The average molecular weight is 146 g/mol. The van der Waals surface area contributed by atoms with Crippen LogP contribution in [0.4, 0.5) is 0 Å². The lowest BCUT2D eigenvalue weighted by atomic mass is 9.85. The van der Waals surface area contributed by atoms with Gasteiger partial charge in [-0.15, -0.1) is 0 Å². The molecule has 1 aliphatic rings.